The lowest BCUT2D eigenvalue weighted by Crippen LogP contribution is -1.98. The van der Waals surface area contributed by atoms with E-state index in [1.54, 1.807) is 12.1 Å². The van der Waals surface area contributed by atoms with E-state index in [0.717, 1.165) is 15.6 Å². The van der Waals surface area contributed by atoms with Crippen LogP contribution in [0, 0.1) is 12.7 Å². The molecule has 0 fully saturated rings. The van der Waals surface area contributed by atoms with Gasteiger partial charge in [0.05, 0.1) is 0 Å². The molecule has 0 aliphatic heterocycles. The summed E-state index contributed by atoms with van der Waals surface area (Å²) < 4.78 is 19.6. The minimum atomic E-state index is -0.308. The van der Waals surface area contributed by atoms with Gasteiger partial charge in [-0.15, -0.1) is 0 Å². The first-order valence-electron chi connectivity index (χ1n) is 5.39. The molecule has 0 spiro atoms. The fourth-order valence-corrected chi connectivity index (χ4v) is 2.25. The Morgan fingerprint density at radius 3 is 2.72 bits per heavy atom. The van der Waals surface area contributed by atoms with Gasteiger partial charge in [-0.25, -0.2) is 4.39 Å². The quantitative estimate of drug-likeness (QED) is 0.758. The van der Waals surface area contributed by atoms with Crippen LogP contribution in [-0.2, 0) is 6.61 Å². The molecule has 4 heteroatoms. The van der Waals surface area contributed by atoms with Gasteiger partial charge in [0, 0.05) is 21.1 Å². The molecule has 94 valence electrons. The number of aryl methyl sites for hydroxylation is 1. The minimum Gasteiger partial charge on any atom is -0.488 e. The average Bonchev–Trinajstić information content (AvgIpc) is 2.32. The Balaban J connectivity index is 2.13. The minimum absolute atomic E-state index is 0.308. The molecule has 0 aliphatic carbocycles. The molecule has 1 nitrogen and oxygen atoms in total. The van der Waals surface area contributed by atoms with Crippen molar-refractivity contribution < 1.29 is 9.13 Å². The van der Waals surface area contributed by atoms with Crippen LogP contribution in [-0.4, -0.2) is 0 Å². The van der Waals surface area contributed by atoms with Crippen molar-refractivity contribution in [3.8, 4) is 5.75 Å². The SMILES string of the molecule is Cc1ccc(F)cc1OCc1ccc(Br)cc1Cl. The van der Waals surface area contributed by atoms with Gasteiger partial charge in [-0.05, 0) is 30.7 Å². The van der Waals surface area contributed by atoms with Gasteiger partial charge < -0.3 is 4.74 Å². The summed E-state index contributed by atoms with van der Waals surface area (Å²) in [7, 11) is 0. The Bertz CT molecular complexity index is 572. The lowest BCUT2D eigenvalue weighted by Gasteiger charge is -2.10. The van der Waals surface area contributed by atoms with Crippen molar-refractivity contribution in [1.82, 2.24) is 0 Å². The van der Waals surface area contributed by atoms with Crippen molar-refractivity contribution in [1.29, 1.82) is 0 Å². The molecule has 2 rings (SSSR count). The van der Waals surface area contributed by atoms with E-state index < -0.39 is 0 Å². The predicted molar refractivity (Wildman–Crippen MR) is 74.6 cm³/mol. The molecule has 18 heavy (non-hydrogen) atoms. The number of hydrogen-bond donors (Lipinski definition) is 0. The second-order valence-electron chi connectivity index (χ2n) is 3.93. The van der Waals surface area contributed by atoms with Gasteiger partial charge in [0.25, 0.3) is 0 Å². The van der Waals surface area contributed by atoms with Gasteiger partial charge in [-0.2, -0.15) is 0 Å². The Labute approximate surface area is 119 Å². The van der Waals surface area contributed by atoms with Gasteiger partial charge in [0.1, 0.15) is 18.2 Å². The fraction of sp³-hybridized carbons (Fsp3) is 0.143. The summed E-state index contributed by atoms with van der Waals surface area (Å²) in [5.74, 6) is 0.228. The molecule has 0 saturated carbocycles. The molecule has 0 N–H and O–H groups in total. The highest BCUT2D eigenvalue weighted by Gasteiger charge is 2.05. The first kappa shape index (κ1) is 13.4. The molecule has 0 amide bonds. The maximum absolute atomic E-state index is 13.1. The van der Waals surface area contributed by atoms with Crippen LogP contribution in [0.2, 0.25) is 5.02 Å². The molecule has 0 aliphatic rings. The number of benzene rings is 2. The third-order valence-corrected chi connectivity index (χ3v) is 3.39. The third kappa shape index (κ3) is 3.24. The molecule has 2 aromatic rings. The van der Waals surface area contributed by atoms with Gasteiger partial charge in [0.15, 0.2) is 0 Å². The normalized spacial score (nSPS) is 10.4. The van der Waals surface area contributed by atoms with Crippen LogP contribution in [0.3, 0.4) is 0 Å². The molecular formula is C14H11BrClFO. The van der Waals surface area contributed by atoms with E-state index in [1.165, 1.54) is 12.1 Å². The topological polar surface area (TPSA) is 9.23 Å². The van der Waals surface area contributed by atoms with Crippen LogP contribution in [0.4, 0.5) is 4.39 Å². The van der Waals surface area contributed by atoms with E-state index in [2.05, 4.69) is 15.9 Å². The highest BCUT2D eigenvalue weighted by molar-refractivity contribution is 9.10. The third-order valence-electron chi connectivity index (χ3n) is 2.55. The molecule has 0 unspecified atom stereocenters. The van der Waals surface area contributed by atoms with E-state index in [9.17, 15) is 4.39 Å². The first-order valence-corrected chi connectivity index (χ1v) is 6.56. The first-order chi connectivity index (χ1) is 8.56. The fourth-order valence-electron chi connectivity index (χ4n) is 1.52. The number of hydrogen-bond acceptors (Lipinski definition) is 1. The average molecular weight is 330 g/mol. The second-order valence-corrected chi connectivity index (χ2v) is 5.26. The predicted octanol–water partition coefficient (Wildman–Crippen LogP) is 5.13. The number of rotatable bonds is 3. The summed E-state index contributed by atoms with van der Waals surface area (Å²) in [4.78, 5) is 0. The van der Waals surface area contributed by atoms with Crippen molar-refractivity contribution in [2.75, 3.05) is 0 Å². The molecule has 0 radical (unpaired) electrons. The van der Waals surface area contributed by atoms with Crippen LogP contribution in [0.15, 0.2) is 40.9 Å². The van der Waals surface area contributed by atoms with Gasteiger partial charge >= 0.3 is 0 Å². The van der Waals surface area contributed by atoms with E-state index in [0.29, 0.717) is 17.4 Å². The summed E-state index contributed by atoms with van der Waals surface area (Å²) in [5, 5.41) is 0.624. The van der Waals surface area contributed by atoms with Gasteiger partial charge in [0.2, 0.25) is 0 Å². The van der Waals surface area contributed by atoms with E-state index in [-0.39, 0.29) is 5.82 Å². The summed E-state index contributed by atoms with van der Waals surface area (Å²) >= 11 is 9.42. The Hall–Kier alpha value is -1.06. The van der Waals surface area contributed by atoms with Crippen LogP contribution in [0.1, 0.15) is 11.1 Å². The molecular weight excluding hydrogens is 319 g/mol. The zero-order valence-corrected chi connectivity index (χ0v) is 12.1. The maximum Gasteiger partial charge on any atom is 0.126 e. The lowest BCUT2D eigenvalue weighted by atomic mass is 10.2. The van der Waals surface area contributed by atoms with Crippen LogP contribution in [0.5, 0.6) is 5.75 Å². The number of halogens is 3. The highest BCUT2D eigenvalue weighted by Crippen LogP contribution is 2.24. The second kappa shape index (κ2) is 5.72. The Morgan fingerprint density at radius 1 is 1.22 bits per heavy atom. The Kier molecular flexibility index (Phi) is 4.25. The maximum atomic E-state index is 13.1. The van der Waals surface area contributed by atoms with Gasteiger partial charge in [-0.3, -0.25) is 0 Å². The smallest absolute Gasteiger partial charge is 0.126 e. The zero-order chi connectivity index (χ0) is 13.1. The van der Waals surface area contributed by atoms with Crippen molar-refractivity contribution >= 4 is 27.5 Å². The summed E-state index contributed by atoms with van der Waals surface area (Å²) in [6, 6.07) is 10.0. The molecule has 0 aromatic heterocycles. The summed E-state index contributed by atoms with van der Waals surface area (Å²) in [5.41, 5.74) is 1.76. The van der Waals surface area contributed by atoms with Crippen LogP contribution < -0.4 is 4.74 Å². The lowest BCUT2D eigenvalue weighted by molar-refractivity contribution is 0.302. The van der Waals surface area contributed by atoms with Crippen molar-refractivity contribution in [2.24, 2.45) is 0 Å². The Morgan fingerprint density at radius 2 is 2.00 bits per heavy atom. The largest absolute Gasteiger partial charge is 0.488 e. The van der Waals surface area contributed by atoms with Gasteiger partial charge in [-0.1, -0.05) is 39.7 Å². The zero-order valence-electron chi connectivity index (χ0n) is 9.71. The molecule has 2 aromatic carbocycles. The van der Waals surface area contributed by atoms with Crippen LogP contribution in [0.25, 0.3) is 0 Å². The van der Waals surface area contributed by atoms with Crippen molar-refractivity contribution in [3.05, 3.63) is 62.8 Å². The molecule has 0 atom stereocenters. The van der Waals surface area contributed by atoms with E-state index in [1.807, 2.05) is 19.1 Å². The van der Waals surface area contributed by atoms with Crippen molar-refractivity contribution in [2.45, 2.75) is 13.5 Å². The molecule has 0 bridgehead atoms. The monoisotopic (exact) mass is 328 g/mol. The summed E-state index contributed by atoms with van der Waals surface area (Å²) in [6.07, 6.45) is 0. The molecule has 0 heterocycles. The van der Waals surface area contributed by atoms with E-state index >= 15 is 0 Å². The summed E-state index contributed by atoms with van der Waals surface area (Å²) in [6.45, 7) is 2.19. The number of ether oxygens (including phenoxy) is 1. The standard InChI is InChI=1S/C14H11BrClFO/c1-9-2-5-12(17)7-14(9)18-8-10-3-4-11(15)6-13(10)16/h2-7H,8H2,1H3. The van der Waals surface area contributed by atoms with Crippen LogP contribution >= 0.6 is 27.5 Å². The molecule has 0 saturated heterocycles. The van der Waals surface area contributed by atoms with E-state index in [4.69, 9.17) is 16.3 Å². The highest BCUT2D eigenvalue weighted by atomic mass is 79.9. The van der Waals surface area contributed by atoms with Crippen molar-refractivity contribution in [3.63, 3.8) is 0 Å².